The summed E-state index contributed by atoms with van der Waals surface area (Å²) in [5.41, 5.74) is 0.961. The number of anilines is 2. The molecule has 4 aromatic rings. The molecular formula is C29H30F3N7O3. The van der Waals surface area contributed by atoms with Crippen molar-refractivity contribution in [3.05, 3.63) is 90.5 Å². The van der Waals surface area contributed by atoms with Crippen molar-refractivity contribution in [2.45, 2.75) is 44.3 Å². The Morgan fingerprint density at radius 2 is 1.98 bits per heavy atom. The molecule has 0 saturated heterocycles. The Morgan fingerprint density at radius 3 is 2.71 bits per heavy atom. The molecule has 0 bridgehead atoms. The van der Waals surface area contributed by atoms with Crippen LogP contribution in [-0.2, 0) is 0 Å². The zero-order valence-electron chi connectivity index (χ0n) is 22.8. The maximum absolute atomic E-state index is 12.9. The van der Waals surface area contributed by atoms with E-state index in [-0.39, 0.29) is 11.5 Å². The molecule has 0 fully saturated rings. The second-order valence-electron chi connectivity index (χ2n) is 10.0. The van der Waals surface area contributed by atoms with Gasteiger partial charge in [0.1, 0.15) is 29.9 Å². The highest BCUT2D eigenvalue weighted by molar-refractivity contribution is 6.00. The Morgan fingerprint density at radius 1 is 1.21 bits per heavy atom. The third-order valence-electron chi connectivity index (χ3n) is 6.98. The Balaban J connectivity index is 1.31. The van der Waals surface area contributed by atoms with Crippen LogP contribution in [0.3, 0.4) is 0 Å². The molecule has 2 aromatic carbocycles. The molecular weight excluding hydrogens is 551 g/mol. The lowest BCUT2D eigenvalue weighted by atomic mass is 9.75. The van der Waals surface area contributed by atoms with Gasteiger partial charge in [-0.15, -0.1) is 0 Å². The number of halogens is 3. The minimum Gasteiger partial charge on any atom is -0.457 e. The Labute approximate surface area is 239 Å². The van der Waals surface area contributed by atoms with E-state index in [0.717, 1.165) is 0 Å². The number of aliphatic hydroxyl groups is 1. The standard InChI is InChI=1S/C29H30F3N7O3/c1-3-22-23-21(26(40)34-16-29(30,31)32)15-39-24(23)25(35-17-36-39)38-28(22,2)12-13-33-27(41)37-18-8-7-11-20(14-18)42-19-9-5-4-6-10-19/h4-15,17,22,27,33,37,41H,3,16H2,1-2H3,(H,34,40)(H,35,36,38)/b13-12+/t22?,27?,28-/m1/s1. The van der Waals surface area contributed by atoms with E-state index in [0.29, 0.717) is 40.5 Å². The molecule has 3 heterocycles. The van der Waals surface area contributed by atoms with Gasteiger partial charge in [-0.3, -0.25) is 4.79 Å². The lowest BCUT2D eigenvalue weighted by molar-refractivity contribution is -0.123. The normalized spacial score (nSPS) is 18.9. The summed E-state index contributed by atoms with van der Waals surface area (Å²) in [4.78, 5) is 17.2. The van der Waals surface area contributed by atoms with E-state index < -0.39 is 30.5 Å². The molecule has 42 heavy (non-hydrogen) atoms. The third kappa shape index (κ3) is 6.25. The minimum absolute atomic E-state index is 0.0984. The SMILES string of the molecule is CCC1c2c(C(=O)NCC(F)(F)F)cn3ncnc(c23)N[C@]1(C)/C=C/NC(O)Nc1cccc(Oc2ccccc2)c1. The number of nitrogens with one attached hydrogen (secondary N) is 4. The number of nitrogens with zero attached hydrogens (tertiary/aromatic N) is 3. The van der Waals surface area contributed by atoms with Crippen molar-refractivity contribution < 1.29 is 27.8 Å². The number of carbonyl (C=O) groups is 1. The largest absolute Gasteiger partial charge is 0.457 e. The predicted octanol–water partition coefficient (Wildman–Crippen LogP) is 4.98. The fourth-order valence-electron chi connectivity index (χ4n) is 5.15. The Kier molecular flexibility index (Phi) is 7.94. The molecule has 0 aliphatic carbocycles. The van der Waals surface area contributed by atoms with Gasteiger partial charge in [-0.25, -0.2) is 9.50 Å². The predicted molar refractivity (Wildman–Crippen MR) is 151 cm³/mol. The highest BCUT2D eigenvalue weighted by atomic mass is 19.4. The van der Waals surface area contributed by atoms with E-state index in [1.54, 1.807) is 36.5 Å². The van der Waals surface area contributed by atoms with E-state index >= 15 is 0 Å². The molecule has 2 unspecified atom stereocenters. The lowest BCUT2D eigenvalue weighted by Crippen LogP contribution is -2.44. The first-order valence-electron chi connectivity index (χ1n) is 13.3. The first-order valence-corrected chi connectivity index (χ1v) is 13.3. The van der Waals surface area contributed by atoms with Crippen LogP contribution in [0.2, 0.25) is 0 Å². The van der Waals surface area contributed by atoms with Gasteiger partial charge in [0.15, 0.2) is 5.82 Å². The summed E-state index contributed by atoms with van der Waals surface area (Å²) < 4.78 is 45.7. The number of alkyl halides is 3. The summed E-state index contributed by atoms with van der Waals surface area (Å²) in [6.07, 6.45) is 0.901. The zero-order chi connectivity index (χ0) is 29.9. The van der Waals surface area contributed by atoms with Crippen LogP contribution in [0.15, 0.2) is 79.4 Å². The topological polar surface area (TPSA) is 125 Å². The average Bonchev–Trinajstić information content (AvgIpc) is 3.33. The summed E-state index contributed by atoms with van der Waals surface area (Å²) in [6, 6.07) is 16.4. The first kappa shape index (κ1) is 28.7. The molecule has 0 saturated carbocycles. The number of aliphatic hydroxyl groups excluding tert-OH is 1. The van der Waals surface area contributed by atoms with Crippen molar-refractivity contribution in [3.8, 4) is 11.5 Å². The van der Waals surface area contributed by atoms with Crippen molar-refractivity contribution in [2.75, 3.05) is 17.2 Å². The van der Waals surface area contributed by atoms with Gasteiger partial charge in [-0.1, -0.05) is 31.2 Å². The number of ether oxygens (including phenoxy) is 1. The fraction of sp³-hybridized carbons (Fsp3) is 0.276. The molecule has 3 atom stereocenters. The molecule has 5 N–H and O–H groups in total. The van der Waals surface area contributed by atoms with Crippen LogP contribution in [0.5, 0.6) is 11.5 Å². The summed E-state index contributed by atoms with van der Waals surface area (Å²) in [6.45, 7) is 2.36. The van der Waals surface area contributed by atoms with Crippen molar-refractivity contribution in [3.63, 3.8) is 0 Å². The van der Waals surface area contributed by atoms with Gasteiger partial charge in [-0.2, -0.15) is 18.3 Å². The lowest BCUT2D eigenvalue weighted by Gasteiger charge is -2.40. The van der Waals surface area contributed by atoms with Gasteiger partial charge >= 0.3 is 6.18 Å². The third-order valence-corrected chi connectivity index (χ3v) is 6.98. The van der Waals surface area contributed by atoms with Gasteiger partial charge in [-0.05, 0) is 49.9 Å². The van der Waals surface area contributed by atoms with Gasteiger partial charge < -0.3 is 31.1 Å². The highest BCUT2D eigenvalue weighted by Crippen LogP contribution is 2.45. The monoisotopic (exact) mass is 581 g/mol. The van der Waals surface area contributed by atoms with Crippen LogP contribution >= 0.6 is 0 Å². The van der Waals surface area contributed by atoms with Crippen LogP contribution in [0.25, 0.3) is 5.52 Å². The number of benzene rings is 2. The van der Waals surface area contributed by atoms with Gasteiger partial charge in [0, 0.05) is 29.4 Å². The molecule has 13 heteroatoms. The highest BCUT2D eigenvalue weighted by Gasteiger charge is 2.42. The quantitative estimate of drug-likeness (QED) is 0.166. The molecule has 5 rings (SSSR count). The van der Waals surface area contributed by atoms with Gasteiger partial charge in [0.25, 0.3) is 5.91 Å². The molecule has 0 radical (unpaired) electrons. The van der Waals surface area contributed by atoms with Gasteiger partial charge in [0.2, 0.25) is 6.35 Å². The summed E-state index contributed by atoms with van der Waals surface area (Å²) in [7, 11) is 0. The van der Waals surface area contributed by atoms with Crippen LogP contribution < -0.4 is 26.0 Å². The van der Waals surface area contributed by atoms with E-state index in [1.165, 1.54) is 17.0 Å². The molecule has 1 amide bonds. The zero-order valence-corrected chi connectivity index (χ0v) is 22.8. The maximum Gasteiger partial charge on any atom is 0.405 e. The first-order chi connectivity index (χ1) is 20.1. The number of rotatable bonds is 10. The second kappa shape index (κ2) is 11.6. The van der Waals surface area contributed by atoms with Crippen LogP contribution in [0.4, 0.5) is 24.7 Å². The van der Waals surface area contributed by atoms with E-state index in [1.807, 2.05) is 49.5 Å². The van der Waals surface area contributed by atoms with E-state index in [2.05, 4.69) is 26.0 Å². The number of amides is 1. The average molecular weight is 582 g/mol. The summed E-state index contributed by atoms with van der Waals surface area (Å²) in [5.74, 6) is 0.515. The van der Waals surface area contributed by atoms with Gasteiger partial charge in [0.05, 0.1) is 11.1 Å². The number of hydrogen-bond donors (Lipinski definition) is 5. The smallest absolute Gasteiger partial charge is 0.405 e. The molecule has 220 valence electrons. The van der Waals surface area contributed by atoms with Crippen LogP contribution in [0.1, 0.15) is 42.1 Å². The number of hydrogen-bond acceptors (Lipinski definition) is 8. The van der Waals surface area contributed by atoms with Crippen LogP contribution in [-0.4, -0.2) is 50.2 Å². The second-order valence-corrected chi connectivity index (χ2v) is 10.0. The maximum atomic E-state index is 12.9. The summed E-state index contributed by atoms with van der Waals surface area (Å²) in [5, 5.41) is 25.9. The minimum atomic E-state index is -4.54. The van der Waals surface area contributed by atoms with Crippen molar-refractivity contribution in [1.29, 1.82) is 0 Å². The molecule has 1 aliphatic heterocycles. The molecule has 0 spiro atoms. The fourth-order valence-corrected chi connectivity index (χ4v) is 5.15. The Bertz CT molecular complexity index is 1590. The number of carbonyl (C=O) groups excluding carboxylic acids is 1. The molecule has 2 aromatic heterocycles. The Hall–Kier alpha value is -4.78. The summed E-state index contributed by atoms with van der Waals surface area (Å²) >= 11 is 0. The van der Waals surface area contributed by atoms with Crippen LogP contribution in [0, 0.1) is 0 Å². The van der Waals surface area contributed by atoms with E-state index in [9.17, 15) is 23.1 Å². The van der Waals surface area contributed by atoms with E-state index in [4.69, 9.17) is 4.74 Å². The number of aromatic nitrogens is 3. The van der Waals surface area contributed by atoms with Crippen molar-refractivity contribution >= 4 is 22.9 Å². The van der Waals surface area contributed by atoms with Crippen molar-refractivity contribution in [2.24, 2.45) is 0 Å². The number of para-hydroxylation sites is 1. The molecule has 10 nitrogen and oxygen atoms in total. The van der Waals surface area contributed by atoms with Crippen molar-refractivity contribution in [1.82, 2.24) is 25.2 Å². The molecule has 1 aliphatic rings.